The van der Waals surface area contributed by atoms with Gasteiger partial charge in [-0.05, 0) is 43.2 Å². The average molecular weight is 456 g/mol. The summed E-state index contributed by atoms with van der Waals surface area (Å²) < 4.78 is 1.90. The average Bonchev–Trinajstić information content (AvgIpc) is 3.30. The van der Waals surface area contributed by atoms with Crippen LogP contribution in [0.3, 0.4) is 0 Å². The molecule has 1 amide bonds. The summed E-state index contributed by atoms with van der Waals surface area (Å²) in [5.74, 6) is 0.221. The van der Waals surface area contributed by atoms with Gasteiger partial charge in [-0.15, -0.1) is 0 Å². The first-order valence-corrected chi connectivity index (χ1v) is 11.7. The molecule has 166 valence electrons. The number of thioether (sulfide) groups is 1. The number of Topliss-reactive ketones (excluding diaryl/α,β-unsaturated/α-hetero) is 1. The summed E-state index contributed by atoms with van der Waals surface area (Å²) >= 11 is 1.39. The molecule has 0 aliphatic heterocycles. The van der Waals surface area contributed by atoms with Crippen molar-refractivity contribution >= 4 is 23.5 Å². The molecule has 0 unspecified atom stereocenters. The highest BCUT2D eigenvalue weighted by molar-refractivity contribution is 7.99. The van der Waals surface area contributed by atoms with Crippen LogP contribution < -0.4 is 5.32 Å². The Morgan fingerprint density at radius 3 is 2.58 bits per heavy atom. The van der Waals surface area contributed by atoms with Crippen molar-refractivity contribution in [3.8, 4) is 5.69 Å². The molecule has 1 heterocycles. The van der Waals surface area contributed by atoms with Gasteiger partial charge in [0.1, 0.15) is 0 Å². The molecule has 5 nitrogen and oxygen atoms in total. The van der Waals surface area contributed by atoms with Crippen molar-refractivity contribution in [3.63, 3.8) is 0 Å². The molecule has 3 aromatic carbocycles. The number of nitrogens with one attached hydrogen (secondary N) is 1. The summed E-state index contributed by atoms with van der Waals surface area (Å²) in [5.41, 5.74) is 5.30. The van der Waals surface area contributed by atoms with Gasteiger partial charge in [-0.25, -0.2) is 4.98 Å². The molecule has 0 bridgehead atoms. The van der Waals surface area contributed by atoms with Crippen LogP contribution in [-0.2, 0) is 6.54 Å². The highest BCUT2D eigenvalue weighted by Crippen LogP contribution is 2.23. The number of carbonyl (C=O) groups is 2. The molecular formula is C27H25N3O2S. The second kappa shape index (κ2) is 10.3. The van der Waals surface area contributed by atoms with Crippen molar-refractivity contribution in [3.05, 3.63) is 113 Å². The molecule has 0 radical (unpaired) electrons. The standard InChI is InChI=1S/C27H25N3O2S/c1-19-11-12-24(20(2)15-19)25(31)18-33-27-28-13-14-30(27)23-10-6-9-22(16-23)26(32)29-17-21-7-4-3-5-8-21/h3-16H,17-18H2,1-2H3,(H,29,32). The monoisotopic (exact) mass is 455 g/mol. The van der Waals surface area contributed by atoms with Crippen LogP contribution in [0.15, 0.2) is 90.3 Å². The number of amides is 1. The second-order valence-electron chi connectivity index (χ2n) is 7.83. The normalized spacial score (nSPS) is 10.7. The first-order valence-electron chi connectivity index (χ1n) is 10.7. The lowest BCUT2D eigenvalue weighted by atomic mass is 10.0. The van der Waals surface area contributed by atoms with Crippen LogP contribution in [0.25, 0.3) is 5.69 Å². The number of aromatic nitrogens is 2. The quantitative estimate of drug-likeness (QED) is 0.286. The van der Waals surface area contributed by atoms with Crippen molar-refractivity contribution in [2.24, 2.45) is 0 Å². The van der Waals surface area contributed by atoms with E-state index < -0.39 is 0 Å². The van der Waals surface area contributed by atoms with Gasteiger partial charge in [-0.2, -0.15) is 0 Å². The maximum absolute atomic E-state index is 12.7. The maximum atomic E-state index is 12.7. The lowest BCUT2D eigenvalue weighted by Gasteiger charge is -2.10. The van der Waals surface area contributed by atoms with Crippen LogP contribution in [0.4, 0.5) is 0 Å². The SMILES string of the molecule is Cc1ccc(C(=O)CSc2nccn2-c2cccc(C(=O)NCc3ccccc3)c2)c(C)c1. The van der Waals surface area contributed by atoms with Crippen LogP contribution in [0.2, 0.25) is 0 Å². The van der Waals surface area contributed by atoms with E-state index in [-0.39, 0.29) is 17.4 Å². The van der Waals surface area contributed by atoms with E-state index in [0.717, 1.165) is 27.9 Å². The molecule has 0 aliphatic carbocycles. The van der Waals surface area contributed by atoms with Gasteiger partial charge in [0.25, 0.3) is 5.91 Å². The molecule has 0 atom stereocenters. The van der Waals surface area contributed by atoms with Gasteiger partial charge >= 0.3 is 0 Å². The van der Waals surface area contributed by atoms with Gasteiger partial charge in [0, 0.05) is 35.8 Å². The van der Waals surface area contributed by atoms with Crippen LogP contribution in [-0.4, -0.2) is 27.0 Å². The molecule has 1 N–H and O–H groups in total. The van der Waals surface area contributed by atoms with Crippen LogP contribution in [0, 0.1) is 13.8 Å². The molecular weight excluding hydrogens is 430 g/mol. The molecule has 0 fully saturated rings. The summed E-state index contributed by atoms with van der Waals surface area (Å²) in [6.07, 6.45) is 3.54. The number of hydrogen-bond acceptors (Lipinski definition) is 4. The third-order valence-electron chi connectivity index (χ3n) is 5.30. The zero-order chi connectivity index (χ0) is 23.2. The van der Waals surface area contributed by atoms with E-state index in [1.807, 2.05) is 91.3 Å². The van der Waals surface area contributed by atoms with E-state index >= 15 is 0 Å². The van der Waals surface area contributed by atoms with Crippen molar-refractivity contribution in [1.29, 1.82) is 0 Å². The first-order chi connectivity index (χ1) is 16.0. The van der Waals surface area contributed by atoms with Gasteiger partial charge < -0.3 is 5.32 Å². The number of benzene rings is 3. The number of nitrogens with zero attached hydrogens (tertiary/aromatic N) is 2. The lowest BCUT2D eigenvalue weighted by molar-refractivity contribution is 0.0950. The first kappa shape index (κ1) is 22.6. The van der Waals surface area contributed by atoms with Crippen LogP contribution in [0.5, 0.6) is 0 Å². The third kappa shape index (κ3) is 5.59. The maximum Gasteiger partial charge on any atom is 0.251 e. The van der Waals surface area contributed by atoms with Crippen molar-refractivity contribution in [1.82, 2.24) is 14.9 Å². The predicted octanol–water partition coefficient (Wildman–Crippen LogP) is 5.39. The second-order valence-corrected chi connectivity index (χ2v) is 8.77. The van der Waals surface area contributed by atoms with E-state index in [0.29, 0.717) is 17.3 Å². The Kier molecular flexibility index (Phi) is 7.05. The zero-order valence-corrected chi connectivity index (χ0v) is 19.4. The number of hydrogen-bond donors (Lipinski definition) is 1. The van der Waals surface area contributed by atoms with E-state index in [2.05, 4.69) is 10.3 Å². The van der Waals surface area contributed by atoms with E-state index in [4.69, 9.17) is 0 Å². The van der Waals surface area contributed by atoms with Crippen molar-refractivity contribution < 1.29 is 9.59 Å². The van der Waals surface area contributed by atoms with Gasteiger partial charge in [0.15, 0.2) is 10.9 Å². The molecule has 0 aliphatic rings. The molecule has 0 spiro atoms. The fourth-order valence-electron chi connectivity index (χ4n) is 3.60. The number of aryl methyl sites for hydroxylation is 2. The largest absolute Gasteiger partial charge is 0.348 e. The van der Waals surface area contributed by atoms with Gasteiger partial charge in [-0.3, -0.25) is 14.2 Å². The highest BCUT2D eigenvalue weighted by Gasteiger charge is 2.14. The Labute approximate surface area is 197 Å². The molecule has 4 aromatic rings. The van der Waals surface area contributed by atoms with E-state index in [1.165, 1.54) is 11.8 Å². The summed E-state index contributed by atoms with van der Waals surface area (Å²) in [6, 6.07) is 23.1. The fourth-order valence-corrected chi connectivity index (χ4v) is 4.46. The highest BCUT2D eigenvalue weighted by atomic mass is 32.2. The summed E-state index contributed by atoms with van der Waals surface area (Å²) in [6.45, 7) is 4.44. The van der Waals surface area contributed by atoms with Crippen LogP contribution in [0.1, 0.15) is 37.4 Å². The van der Waals surface area contributed by atoms with Gasteiger partial charge in [0.2, 0.25) is 0 Å². The number of imidazole rings is 1. The molecule has 6 heteroatoms. The smallest absolute Gasteiger partial charge is 0.251 e. The summed E-state index contributed by atoms with van der Waals surface area (Å²) in [4.78, 5) is 29.8. The molecule has 1 aromatic heterocycles. The van der Waals surface area contributed by atoms with Gasteiger partial charge in [0.05, 0.1) is 5.75 Å². The zero-order valence-electron chi connectivity index (χ0n) is 18.6. The summed E-state index contributed by atoms with van der Waals surface area (Å²) in [5, 5.41) is 3.66. The number of rotatable bonds is 8. The van der Waals surface area contributed by atoms with Crippen molar-refractivity contribution in [2.45, 2.75) is 25.5 Å². The molecule has 33 heavy (non-hydrogen) atoms. The predicted molar refractivity (Wildman–Crippen MR) is 132 cm³/mol. The van der Waals surface area contributed by atoms with Crippen LogP contribution >= 0.6 is 11.8 Å². The topological polar surface area (TPSA) is 64.0 Å². The Hall–Kier alpha value is -3.64. The lowest BCUT2D eigenvalue weighted by Crippen LogP contribution is -2.22. The van der Waals surface area contributed by atoms with Gasteiger partial charge in [-0.1, -0.05) is 71.9 Å². The molecule has 0 saturated heterocycles. The van der Waals surface area contributed by atoms with E-state index in [1.54, 1.807) is 12.3 Å². The Morgan fingerprint density at radius 2 is 1.79 bits per heavy atom. The Morgan fingerprint density at radius 1 is 0.970 bits per heavy atom. The minimum atomic E-state index is -0.139. The van der Waals surface area contributed by atoms with Crippen molar-refractivity contribution in [2.75, 3.05) is 5.75 Å². The number of ketones is 1. The number of carbonyl (C=O) groups excluding carboxylic acids is 2. The third-order valence-corrected chi connectivity index (χ3v) is 6.27. The Bertz CT molecular complexity index is 1280. The Balaban J connectivity index is 1.44. The van der Waals surface area contributed by atoms with E-state index in [9.17, 15) is 9.59 Å². The minimum absolute atomic E-state index is 0.0705. The fraction of sp³-hybridized carbons (Fsp3) is 0.148. The summed E-state index contributed by atoms with van der Waals surface area (Å²) in [7, 11) is 0. The minimum Gasteiger partial charge on any atom is -0.348 e. The molecule has 4 rings (SSSR count). The molecule has 0 saturated carbocycles.